The second-order valence-corrected chi connectivity index (χ2v) is 7.35. The van der Waals surface area contributed by atoms with E-state index in [4.69, 9.17) is 4.74 Å². The van der Waals surface area contributed by atoms with Gasteiger partial charge in [0, 0.05) is 42.0 Å². The lowest BCUT2D eigenvalue weighted by molar-refractivity contribution is -0.139. The number of carbonyl (C=O) groups is 1. The van der Waals surface area contributed by atoms with E-state index in [-0.39, 0.29) is 11.7 Å². The first-order valence-corrected chi connectivity index (χ1v) is 8.89. The van der Waals surface area contributed by atoms with Crippen molar-refractivity contribution >= 4 is 16.9 Å². The minimum atomic E-state index is -4.35. The van der Waals surface area contributed by atoms with E-state index in [1.807, 2.05) is 0 Å². The molecule has 140 valence electrons. The van der Waals surface area contributed by atoms with Gasteiger partial charge in [-0.1, -0.05) is 18.2 Å². The molecule has 2 aromatic rings. The quantitative estimate of drug-likeness (QED) is 0.771. The van der Waals surface area contributed by atoms with E-state index in [2.05, 4.69) is 11.9 Å². The maximum atomic E-state index is 12.8. The molecule has 1 aromatic heterocycles. The van der Waals surface area contributed by atoms with E-state index in [1.54, 1.807) is 24.3 Å². The van der Waals surface area contributed by atoms with Crippen molar-refractivity contribution < 1.29 is 22.7 Å². The molecule has 7 heteroatoms. The zero-order valence-corrected chi connectivity index (χ0v) is 14.5. The predicted molar refractivity (Wildman–Crippen MR) is 91.0 cm³/mol. The molecule has 2 aliphatic heterocycles. The lowest BCUT2D eigenvalue weighted by atomic mass is 10.0. The summed E-state index contributed by atoms with van der Waals surface area (Å²) in [5.74, 6) is -0.531. The van der Waals surface area contributed by atoms with Gasteiger partial charge in [0.25, 0.3) is 0 Å². The van der Waals surface area contributed by atoms with Crippen LogP contribution in [0.3, 0.4) is 0 Å². The van der Waals surface area contributed by atoms with Crippen LogP contribution in [-0.2, 0) is 11.3 Å². The lowest BCUT2D eigenvalue weighted by Gasteiger charge is -2.35. The number of hydrogen-bond acceptors (Lipinski definition) is 3. The third kappa shape index (κ3) is 3.20. The fourth-order valence-electron chi connectivity index (χ4n) is 4.41. The minimum absolute atomic E-state index is 0.166. The highest BCUT2D eigenvalue weighted by Crippen LogP contribution is 2.36. The molecule has 1 unspecified atom stereocenters. The number of aromatic nitrogens is 1. The molecule has 3 heterocycles. The number of benzene rings is 1. The largest absolute Gasteiger partial charge is 0.459 e. The molecule has 0 N–H and O–H groups in total. The van der Waals surface area contributed by atoms with Crippen molar-refractivity contribution in [2.24, 2.45) is 0 Å². The Morgan fingerprint density at radius 1 is 1.19 bits per heavy atom. The van der Waals surface area contributed by atoms with Gasteiger partial charge in [-0.3, -0.25) is 0 Å². The number of hydrogen-bond donors (Lipinski definition) is 0. The molecule has 2 bridgehead atoms. The average molecular weight is 366 g/mol. The normalized spacial score (nSPS) is 26.4. The first-order valence-electron chi connectivity index (χ1n) is 8.89. The maximum absolute atomic E-state index is 12.8. The third-order valence-corrected chi connectivity index (χ3v) is 5.69. The molecule has 26 heavy (non-hydrogen) atoms. The summed E-state index contributed by atoms with van der Waals surface area (Å²) in [5.41, 5.74) is 0.594. The standard InChI is InChI=1S/C19H21F3N2O2/c1-23-12-6-7-13(23)9-14(8-12)26-18(25)16-10-24(11-19(20,21)22)17-5-3-2-4-15(16)17/h2-5,10,12-14H,6-9,11H2,1H3/t12-,13+,14?. The topological polar surface area (TPSA) is 34.5 Å². The molecule has 1 aromatic carbocycles. The number of halogens is 3. The van der Waals surface area contributed by atoms with Crippen molar-refractivity contribution in [1.29, 1.82) is 0 Å². The molecule has 2 aliphatic rings. The number of piperidine rings is 1. The Balaban J connectivity index is 1.57. The number of rotatable bonds is 3. The van der Waals surface area contributed by atoms with Crippen molar-refractivity contribution in [2.75, 3.05) is 7.05 Å². The Bertz CT molecular complexity index is 816. The molecule has 0 radical (unpaired) electrons. The first kappa shape index (κ1) is 17.4. The second-order valence-electron chi connectivity index (χ2n) is 7.35. The molecule has 0 amide bonds. The van der Waals surface area contributed by atoms with Gasteiger partial charge in [-0.2, -0.15) is 13.2 Å². The van der Waals surface area contributed by atoms with Gasteiger partial charge in [0.2, 0.25) is 0 Å². The average Bonchev–Trinajstić information content (AvgIpc) is 3.00. The fourth-order valence-corrected chi connectivity index (χ4v) is 4.41. The van der Waals surface area contributed by atoms with Crippen LogP contribution in [0.1, 0.15) is 36.0 Å². The molecule has 4 nitrogen and oxygen atoms in total. The lowest BCUT2D eigenvalue weighted by Crippen LogP contribution is -2.43. The molecule has 4 rings (SSSR count). The SMILES string of the molecule is CN1[C@@H]2CC[C@H]1CC(OC(=O)c1cn(CC(F)(F)F)c3ccccc13)C2. The van der Waals surface area contributed by atoms with Crippen LogP contribution in [0.2, 0.25) is 0 Å². The molecule has 0 aliphatic carbocycles. The van der Waals surface area contributed by atoms with Gasteiger partial charge in [-0.25, -0.2) is 4.79 Å². The van der Waals surface area contributed by atoms with Crippen LogP contribution in [0, 0.1) is 0 Å². The maximum Gasteiger partial charge on any atom is 0.406 e. The van der Waals surface area contributed by atoms with Crippen molar-refractivity contribution in [3.05, 3.63) is 36.0 Å². The zero-order chi connectivity index (χ0) is 18.5. The molecule has 0 spiro atoms. The summed E-state index contributed by atoms with van der Waals surface area (Å²) >= 11 is 0. The smallest absolute Gasteiger partial charge is 0.406 e. The van der Waals surface area contributed by atoms with Gasteiger partial charge in [0.15, 0.2) is 0 Å². The molecule has 0 saturated carbocycles. The molecular formula is C19H21F3N2O2. The van der Waals surface area contributed by atoms with E-state index >= 15 is 0 Å². The molecular weight excluding hydrogens is 345 g/mol. The van der Waals surface area contributed by atoms with Gasteiger partial charge in [-0.15, -0.1) is 0 Å². The second kappa shape index (κ2) is 6.30. The highest BCUT2D eigenvalue weighted by atomic mass is 19.4. The Labute approximate surface area is 149 Å². The number of carbonyl (C=O) groups excluding carboxylic acids is 1. The summed E-state index contributed by atoms with van der Waals surface area (Å²) < 4.78 is 45.3. The Morgan fingerprint density at radius 3 is 2.50 bits per heavy atom. The van der Waals surface area contributed by atoms with Crippen LogP contribution < -0.4 is 0 Å². The summed E-state index contributed by atoms with van der Waals surface area (Å²) in [7, 11) is 2.10. The first-order chi connectivity index (χ1) is 12.3. The monoisotopic (exact) mass is 366 g/mol. The van der Waals surface area contributed by atoms with Crippen molar-refractivity contribution in [3.63, 3.8) is 0 Å². The number of ether oxygens (including phenoxy) is 1. The van der Waals surface area contributed by atoms with Crippen LogP contribution in [0.4, 0.5) is 13.2 Å². The van der Waals surface area contributed by atoms with E-state index in [9.17, 15) is 18.0 Å². The predicted octanol–water partition coefficient (Wildman–Crippen LogP) is 3.99. The number of esters is 1. The van der Waals surface area contributed by atoms with E-state index in [0.29, 0.717) is 23.0 Å². The van der Waals surface area contributed by atoms with Gasteiger partial charge in [0.1, 0.15) is 12.6 Å². The summed E-state index contributed by atoms with van der Waals surface area (Å²) in [6.07, 6.45) is 0.557. The molecule has 2 fully saturated rings. The minimum Gasteiger partial charge on any atom is -0.459 e. The van der Waals surface area contributed by atoms with Gasteiger partial charge < -0.3 is 14.2 Å². The van der Waals surface area contributed by atoms with Crippen molar-refractivity contribution in [1.82, 2.24) is 9.47 Å². The summed E-state index contributed by atoms with van der Waals surface area (Å²) in [4.78, 5) is 15.0. The van der Waals surface area contributed by atoms with Crippen LogP contribution in [0.25, 0.3) is 10.9 Å². The Morgan fingerprint density at radius 2 is 1.85 bits per heavy atom. The van der Waals surface area contributed by atoms with E-state index in [1.165, 1.54) is 6.20 Å². The number of fused-ring (bicyclic) bond motifs is 3. The summed E-state index contributed by atoms with van der Waals surface area (Å²) in [5, 5.41) is 0.498. The highest BCUT2D eigenvalue weighted by Gasteiger charge is 2.40. The summed E-state index contributed by atoms with van der Waals surface area (Å²) in [6.45, 7) is -1.13. The molecule has 3 atom stereocenters. The zero-order valence-electron chi connectivity index (χ0n) is 14.5. The van der Waals surface area contributed by atoms with Crippen LogP contribution >= 0.6 is 0 Å². The Kier molecular flexibility index (Phi) is 4.22. The Hall–Kier alpha value is -2.02. The fraction of sp³-hybridized carbons (Fsp3) is 0.526. The number of para-hydroxylation sites is 1. The highest BCUT2D eigenvalue weighted by molar-refractivity contribution is 6.04. The van der Waals surface area contributed by atoms with Crippen molar-refractivity contribution in [2.45, 2.75) is 56.6 Å². The van der Waals surface area contributed by atoms with E-state index < -0.39 is 18.7 Å². The van der Waals surface area contributed by atoms with E-state index in [0.717, 1.165) is 30.3 Å². The van der Waals surface area contributed by atoms with Gasteiger partial charge in [-0.05, 0) is 26.0 Å². The van der Waals surface area contributed by atoms with Gasteiger partial charge >= 0.3 is 12.1 Å². The number of alkyl halides is 3. The third-order valence-electron chi connectivity index (χ3n) is 5.69. The van der Waals surface area contributed by atoms with Crippen molar-refractivity contribution in [3.8, 4) is 0 Å². The number of nitrogens with zero attached hydrogens (tertiary/aromatic N) is 2. The van der Waals surface area contributed by atoms with Crippen LogP contribution in [0.15, 0.2) is 30.5 Å². The van der Waals surface area contributed by atoms with Crippen LogP contribution in [-0.4, -0.2) is 46.8 Å². The van der Waals surface area contributed by atoms with Gasteiger partial charge in [0.05, 0.1) is 5.56 Å². The van der Waals surface area contributed by atoms with Crippen LogP contribution in [0.5, 0.6) is 0 Å². The molecule has 2 saturated heterocycles. The summed E-state index contributed by atoms with van der Waals surface area (Å²) in [6, 6.07) is 7.49.